The average Bonchev–Trinajstić information content (AvgIpc) is 2.45. The molecule has 0 bridgehead atoms. The molecule has 1 atom stereocenters. The van der Waals surface area contributed by atoms with Crippen molar-refractivity contribution >= 4 is 5.96 Å². The molecule has 3 N–H and O–H groups in total. The summed E-state index contributed by atoms with van der Waals surface area (Å²) in [5.74, 6) is 1.82. The van der Waals surface area contributed by atoms with Crippen molar-refractivity contribution in [2.24, 2.45) is 16.6 Å². The summed E-state index contributed by atoms with van der Waals surface area (Å²) in [6.07, 6.45) is 5.25. The lowest BCUT2D eigenvalue weighted by atomic mass is 10.0. The van der Waals surface area contributed by atoms with E-state index in [2.05, 4.69) is 36.1 Å². The molecule has 0 aliphatic carbocycles. The Morgan fingerprint density at radius 1 is 1.38 bits per heavy atom. The van der Waals surface area contributed by atoms with Gasteiger partial charge in [0.1, 0.15) is 0 Å². The minimum Gasteiger partial charge on any atom is -0.481 e. The average molecular weight is 292 g/mol. The molecule has 1 unspecified atom stereocenters. The van der Waals surface area contributed by atoms with E-state index in [1.54, 1.807) is 13.3 Å². The third-order valence-corrected chi connectivity index (χ3v) is 3.28. The van der Waals surface area contributed by atoms with Gasteiger partial charge in [0.15, 0.2) is 5.96 Å². The van der Waals surface area contributed by atoms with E-state index in [1.165, 1.54) is 12.8 Å². The molecule has 0 saturated carbocycles. The van der Waals surface area contributed by atoms with Crippen molar-refractivity contribution in [1.82, 2.24) is 10.3 Å². The van der Waals surface area contributed by atoms with E-state index in [0.717, 1.165) is 17.9 Å². The molecule has 0 aliphatic heterocycles. The Kier molecular flexibility index (Phi) is 7.58. The quantitative estimate of drug-likeness (QED) is 0.571. The van der Waals surface area contributed by atoms with Gasteiger partial charge in [-0.15, -0.1) is 0 Å². The van der Waals surface area contributed by atoms with Gasteiger partial charge < -0.3 is 15.8 Å². The number of methoxy groups -OCH3 is 1. The van der Waals surface area contributed by atoms with Crippen LogP contribution in [0.25, 0.3) is 0 Å². The van der Waals surface area contributed by atoms with Crippen molar-refractivity contribution in [3.63, 3.8) is 0 Å². The Bertz CT molecular complexity index is 446. The van der Waals surface area contributed by atoms with E-state index in [0.29, 0.717) is 24.4 Å². The number of nitrogens with two attached hydrogens (primary N) is 1. The number of nitrogens with one attached hydrogen (secondary N) is 1. The first-order valence-corrected chi connectivity index (χ1v) is 7.57. The minimum absolute atomic E-state index is 0.336. The maximum absolute atomic E-state index is 5.92. The molecule has 0 saturated heterocycles. The summed E-state index contributed by atoms with van der Waals surface area (Å²) < 4.78 is 5.19. The molecular weight excluding hydrogens is 264 g/mol. The molecule has 0 radical (unpaired) electrons. The predicted octanol–water partition coefficient (Wildman–Crippen LogP) is 2.71. The van der Waals surface area contributed by atoms with Crippen molar-refractivity contribution in [3.05, 3.63) is 23.9 Å². The van der Waals surface area contributed by atoms with Gasteiger partial charge >= 0.3 is 0 Å². The Balaban J connectivity index is 2.42. The number of hydrogen-bond donors (Lipinski definition) is 2. The summed E-state index contributed by atoms with van der Waals surface area (Å²) in [5.41, 5.74) is 6.85. The fourth-order valence-electron chi connectivity index (χ4n) is 2.10. The second kappa shape index (κ2) is 9.21. The number of nitrogens with zero attached hydrogens (tertiary/aromatic N) is 2. The van der Waals surface area contributed by atoms with Gasteiger partial charge in [0, 0.05) is 17.8 Å². The zero-order chi connectivity index (χ0) is 15.7. The summed E-state index contributed by atoms with van der Waals surface area (Å²) in [6.45, 7) is 7.09. The summed E-state index contributed by atoms with van der Waals surface area (Å²) in [4.78, 5) is 8.49. The third kappa shape index (κ3) is 6.97. The molecule has 0 aliphatic rings. The van der Waals surface area contributed by atoms with Gasteiger partial charge in [-0.1, -0.05) is 32.8 Å². The van der Waals surface area contributed by atoms with Crippen molar-refractivity contribution in [3.8, 4) is 5.88 Å². The van der Waals surface area contributed by atoms with E-state index in [4.69, 9.17) is 10.5 Å². The van der Waals surface area contributed by atoms with Gasteiger partial charge in [-0.05, 0) is 25.3 Å². The van der Waals surface area contributed by atoms with Crippen LogP contribution in [0.5, 0.6) is 5.88 Å². The van der Waals surface area contributed by atoms with Gasteiger partial charge in [-0.2, -0.15) is 0 Å². The van der Waals surface area contributed by atoms with Crippen molar-refractivity contribution in [2.45, 2.75) is 52.6 Å². The minimum atomic E-state index is 0.336. The maximum Gasteiger partial charge on any atom is 0.218 e. The lowest BCUT2D eigenvalue weighted by Crippen LogP contribution is -2.38. The van der Waals surface area contributed by atoms with Gasteiger partial charge in [0.25, 0.3) is 0 Å². The number of aromatic nitrogens is 1. The maximum atomic E-state index is 5.92. The Labute approximate surface area is 128 Å². The molecule has 1 heterocycles. The van der Waals surface area contributed by atoms with Crippen LogP contribution in [-0.4, -0.2) is 24.1 Å². The van der Waals surface area contributed by atoms with E-state index >= 15 is 0 Å². The molecule has 0 amide bonds. The molecule has 0 fully saturated rings. The Morgan fingerprint density at radius 3 is 2.81 bits per heavy atom. The highest BCUT2D eigenvalue weighted by atomic mass is 16.5. The summed E-state index contributed by atoms with van der Waals surface area (Å²) in [6, 6.07) is 4.14. The summed E-state index contributed by atoms with van der Waals surface area (Å²) in [7, 11) is 1.61. The Morgan fingerprint density at radius 2 is 2.14 bits per heavy atom. The van der Waals surface area contributed by atoms with Crippen LogP contribution in [0.15, 0.2) is 23.3 Å². The van der Waals surface area contributed by atoms with Crippen LogP contribution in [0, 0.1) is 5.92 Å². The standard InChI is InChI=1S/C16H28N4O/c1-12(2)7-5-8-13(3)20-16(17)19-11-14-9-6-10-18-15(14)21-4/h6,9-10,12-13H,5,7-8,11H2,1-4H3,(H3,17,19,20). The van der Waals surface area contributed by atoms with Crippen LogP contribution in [0.3, 0.4) is 0 Å². The second-order valence-electron chi connectivity index (χ2n) is 5.74. The predicted molar refractivity (Wildman–Crippen MR) is 87.4 cm³/mol. The molecule has 0 aromatic carbocycles. The zero-order valence-corrected chi connectivity index (χ0v) is 13.6. The molecule has 1 aromatic heterocycles. The first-order valence-electron chi connectivity index (χ1n) is 7.57. The molecule has 5 heteroatoms. The van der Waals surface area contributed by atoms with Crippen molar-refractivity contribution in [1.29, 1.82) is 0 Å². The normalized spacial score (nSPS) is 13.3. The van der Waals surface area contributed by atoms with Gasteiger partial charge in [-0.3, -0.25) is 0 Å². The first-order chi connectivity index (χ1) is 10.0. The van der Waals surface area contributed by atoms with Crippen LogP contribution in [0.4, 0.5) is 0 Å². The molecule has 1 aromatic rings. The number of hydrogen-bond acceptors (Lipinski definition) is 3. The Hall–Kier alpha value is -1.78. The second-order valence-corrected chi connectivity index (χ2v) is 5.74. The first kappa shape index (κ1) is 17.3. The van der Waals surface area contributed by atoms with Crippen LogP contribution >= 0.6 is 0 Å². The van der Waals surface area contributed by atoms with Crippen LogP contribution in [0.2, 0.25) is 0 Å². The number of rotatable bonds is 8. The van der Waals surface area contributed by atoms with Crippen molar-refractivity contribution < 1.29 is 4.74 Å². The highest BCUT2D eigenvalue weighted by Gasteiger charge is 2.05. The highest BCUT2D eigenvalue weighted by Crippen LogP contribution is 2.14. The molecule has 5 nitrogen and oxygen atoms in total. The van der Waals surface area contributed by atoms with E-state index in [-0.39, 0.29) is 0 Å². The van der Waals surface area contributed by atoms with Gasteiger partial charge in [0.2, 0.25) is 5.88 Å². The molecular formula is C16H28N4O. The monoisotopic (exact) mass is 292 g/mol. The lowest BCUT2D eigenvalue weighted by molar-refractivity contribution is 0.392. The number of ether oxygens (including phenoxy) is 1. The van der Waals surface area contributed by atoms with Gasteiger partial charge in [-0.25, -0.2) is 9.98 Å². The lowest BCUT2D eigenvalue weighted by Gasteiger charge is -2.15. The third-order valence-electron chi connectivity index (χ3n) is 3.28. The fraction of sp³-hybridized carbons (Fsp3) is 0.625. The summed E-state index contributed by atoms with van der Waals surface area (Å²) >= 11 is 0. The molecule has 1 rings (SSSR count). The van der Waals surface area contributed by atoms with Gasteiger partial charge in [0.05, 0.1) is 13.7 Å². The number of pyridine rings is 1. The topological polar surface area (TPSA) is 72.5 Å². The smallest absolute Gasteiger partial charge is 0.218 e. The zero-order valence-electron chi connectivity index (χ0n) is 13.6. The van der Waals surface area contributed by atoms with Crippen LogP contribution in [0.1, 0.15) is 45.6 Å². The van der Waals surface area contributed by atoms with Crippen LogP contribution < -0.4 is 15.8 Å². The number of guanidine groups is 1. The molecule has 21 heavy (non-hydrogen) atoms. The highest BCUT2D eigenvalue weighted by molar-refractivity contribution is 5.78. The van der Waals surface area contributed by atoms with E-state index in [9.17, 15) is 0 Å². The number of aliphatic imine (C=N–C) groups is 1. The van der Waals surface area contributed by atoms with Crippen LogP contribution in [-0.2, 0) is 6.54 Å². The van der Waals surface area contributed by atoms with E-state index in [1.807, 2.05) is 12.1 Å². The molecule has 118 valence electrons. The largest absolute Gasteiger partial charge is 0.481 e. The SMILES string of the molecule is COc1ncccc1CN=C(N)NC(C)CCCC(C)C. The fourth-order valence-corrected chi connectivity index (χ4v) is 2.10. The summed E-state index contributed by atoms with van der Waals surface area (Å²) in [5, 5.41) is 3.23. The molecule has 0 spiro atoms. The van der Waals surface area contributed by atoms with Crippen molar-refractivity contribution in [2.75, 3.05) is 7.11 Å². The van der Waals surface area contributed by atoms with E-state index < -0.39 is 0 Å².